The van der Waals surface area contributed by atoms with Crippen molar-refractivity contribution in [1.82, 2.24) is 0 Å². The molecule has 10 heteroatoms. The number of carboxylic acid groups (broad SMARTS) is 1. The Bertz CT molecular complexity index is 755. The highest BCUT2D eigenvalue weighted by molar-refractivity contribution is 7.95. The molecular weight excluding hydrogens is 320 g/mol. The summed E-state index contributed by atoms with van der Waals surface area (Å²) in [5.41, 5.74) is 5.64. The predicted octanol–water partition coefficient (Wildman–Crippen LogP) is -0.222. The van der Waals surface area contributed by atoms with Gasteiger partial charge in [-0.3, -0.25) is 4.31 Å². The average molecular weight is 336 g/mol. The smallest absolute Gasteiger partial charge is 0.335 e. The third-order valence-electron chi connectivity index (χ3n) is 2.74. The zero-order valence-electron chi connectivity index (χ0n) is 11.5. The van der Waals surface area contributed by atoms with Crippen molar-refractivity contribution in [1.29, 1.82) is 0 Å². The second-order valence-electron chi connectivity index (χ2n) is 4.49. The Morgan fingerprint density at radius 2 is 1.81 bits per heavy atom. The molecular formula is C11H16N2O6S2. The summed E-state index contributed by atoms with van der Waals surface area (Å²) in [6.45, 7) is 0. The molecule has 0 fully saturated rings. The van der Waals surface area contributed by atoms with Crippen molar-refractivity contribution in [2.75, 3.05) is 34.8 Å². The Kier molecular flexibility index (Phi) is 4.84. The van der Waals surface area contributed by atoms with Gasteiger partial charge in [0, 0.05) is 13.3 Å². The largest absolute Gasteiger partial charge is 0.478 e. The van der Waals surface area contributed by atoms with Crippen molar-refractivity contribution >= 4 is 37.2 Å². The van der Waals surface area contributed by atoms with E-state index in [0.29, 0.717) is 0 Å². The van der Waals surface area contributed by atoms with Crippen molar-refractivity contribution in [3.63, 3.8) is 0 Å². The van der Waals surface area contributed by atoms with E-state index >= 15 is 0 Å². The number of hydrogen-bond donors (Lipinski definition) is 2. The van der Waals surface area contributed by atoms with Crippen LogP contribution >= 0.6 is 0 Å². The number of aromatic carboxylic acids is 1. The maximum atomic E-state index is 12.0. The lowest BCUT2D eigenvalue weighted by Crippen LogP contribution is -2.32. The molecule has 0 radical (unpaired) electrons. The normalized spacial score (nSPS) is 12.1. The Hall–Kier alpha value is -1.81. The van der Waals surface area contributed by atoms with E-state index in [9.17, 15) is 21.6 Å². The Labute approximate surface area is 123 Å². The van der Waals surface area contributed by atoms with Gasteiger partial charge >= 0.3 is 5.97 Å². The lowest BCUT2D eigenvalue weighted by Gasteiger charge is -2.21. The molecule has 118 valence electrons. The fourth-order valence-corrected chi connectivity index (χ4v) is 4.31. The van der Waals surface area contributed by atoms with Gasteiger partial charge in [0.05, 0.1) is 28.4 Å². The molecule has 0 unspecified atom stereocenters. The Morgan fingerprint density at radius 1 is 1.24 bits per heavy atom. The highest BCUT2D eigenvalue weighted by Gasteiger charge is 2.22. The second kappa shape index (κ2) is 5.90. The molecule has 21 heavy (non-hydrogen) atoms. The van der Waals surface area contributed by atoms with Crippen molar-refractivity contribution in [3.8, 4) is 0 Å². The average Bonchev–Trinajstić information content (AvgIpc) is 2.34. The maximum absolute atomic E-state index is 12.0. The third kappa shape index (κ3) is 4.60. The van der Waals surface area contributed by atoms with Crippen LogP contribution in [0, 0.1) is 0 Å². The number of nitrogen functional groups attached to an aromatic ring is 1. The van der Waals surface area contributed by atoms with Gasteiger partial charge in [-0.25, -0.2) is 21.6 Å². The van der Waals surface area contributed by atoms with Crippen LogP contribution in [0.25, 0.3) is 0 Å². The van der Waals surface area contributed by atoms with E-state index in [1.165, 1.54) is 19.2 Å². The van der Waals surface area contributed by atoms with Crippen LogP contribution in [0.5, 0.6) is 0 Å². The molecule has 1 rings (SSSR count). The van der Waals surface area contributed by atoms with E-state index in [1.807, 2.05) is 0 Å². The minimum Gasteiger partial charge on any atom is -0.478 e. The molecule has 0 heterocycles. The first-order valence-electron chi connectivity index (χ1n) is 5.71. The number of anilines is 2. The van der Waals surface area contributed by atoms with E-state index in [4.69, 9.17) is 10.8 Å². The molecule has 0 spiro atoms. The van der Waals surface area contributed by atoms with Gasteiger partial charge in [0.15, 0.2) is 0 Å². The lowest BCUT2D eigenvalue weighted by molar-refractivity contribution is 0.0697. The number of nitrogens with two attached hydrogens (primary N) is 1. The first kappa shape index (κ1) is 17.2. The highest BCUT2D eigenvalue weighted by Crippen LogP contribution is 2.25. The lowest BCUT2D eigenvalue weighted by atomic mass is 10.2. The maximum Gasteiger partial charge on any atom is 0.335 e. The van der Waals surface area contributed by atoms with Gasteiger partial charge < -0.3 is 10.8 Å². The van der Waals surface area contributed by atoms with Gasteiger partial charge in [-0.1, -0.05) is 0 Å². The van der Waals surface area contributed by atoms with Crippen molar-refractivity contribution < 1.29 is 26.7 Å². The second-order valence-corrected chi connectivity index (χ2v) is 8.87. The molecule has 8 nitrogen and oxygen atoms in total. The first-order chi connectivity index (χ1) is 9.44. The molecule has 0 bridgehead atoms. The molecule has 0 amide bonds. The number of carboxylic acids is 1. The van der Waals surface area contributed by atoms with Gasteiger partial charge in [0.1, 0.15) is 9.84 Å². The summed E-state index contributed by atoms with van der Waals surface area (Å²) in [6, 6.07) is 3.62. The molecule has 1 aromatic rings. The number of rotatable bonds is 6. The zero-order valence-corrected chi connectivity index (χ0v) is 13.1. The minimum atomic E-state index is -3.88. The van der Waals surface area contributed by atoms with Crippen molar-refractivity contribution in [2.45, 2.75) is 0 Å². The van der Waals surface area contributed by atoms with Crippen LogP contribution in [-0.4, -0.2) is 52.7 Å². The van der Waals surface area contributed by atoms with Crippen LogP contribution in [0.4, 0.5) is 11.4 Å². The highest BCUT2D eigenvalue weighted by atomic mass is 32.2. The van der Waals surface area contributed by atoms with Gasteiger partial charge in [-0.2, -0.15) is 0 Å². The third-order valence-corrected chi connectivity index (χ3v) is 5.70. The molecule has 0 aliphatic carbocycles. The summed E-state index contributed by atoms with van der Waals surface area (Å²) in [5.74, 6) is -2.27. The van der Waals surface area contributed by atoms with E-state index in [1.54, 1.807) is 0 Å². The molecule has 0 aliphatic heterocycles. The summed E-state index contributed by atoms with van der Waals surface area (Å²) >= 11 is 0. The quantitative estimate of drug-likeness (QED) is 0.685. The Morgan fingerprint density at radius 3 is 2.24 bits per heavy atom. The number of sulfone groups is 1. The van der Waals surface area contributed by atoms with E-state index in [-0.39, 0.29) is 16.9 Å². The van der Waals surface area contributed by atoms with Gasteiger partial charge in [0.25, 0.3) is 0 Å². The van der Waals surface area contributed by atoms with E-state index < -0.39 is 37.3 Å². The number of hydrogen-bond acceptors (Lipinski definition) is 6. The van der Waals surface area contributed by atoms with Crippen LogP contribution in [0.2, 0.25) is 0 Å². The molecule has 0 atom stereocenters. The molecule has 0 aromatic heterocycles. The number of sulfonamides is 1. The van der Waals surface area contributed by atoms with Gasteiger partial charge in [-0.05, 0) is 18.2 Å². The fourth-order valence-electron chi connectivity index (χ4n) is 1.52. The van der Waals surface area contributed by atoms with Crippen LogP contribution in [0.15, 0.2) is 18.2 Å². The van der Waals surface area contributed by atoms with Gasteiger partial charge in [-0.15, -0.1) is 0 Å². The van der Waals surface area contributed by atoms with Crippen LogP contribution in [0.3, 0.4) is 0 Å². The SMILES string of the molecule is CN(c1ccc(C(=O)O)cc1N)S(=O)(=O)CCS(C)(=O)=O. The van der Waals surface area contributed by atoms with Crippen LogP contribution in [-0.2, 0) is 19.9 Å². The molecule has 0 saturated carbocycles. The van der Waals surface area contributed by atoms with E-state index in [2.05, 4.69) is 0 Å². The summed E-state index contributed by atoms with van der Waals surface area (Å²) in [4.78, 5) is 10.8. The van der Waals surface area contributed by atoms with E-state index in [0.717, 1.165) is 16.6 Å². The Balaban J connectivity index is 3.08. The van der Waals surface area contributed by atoms with Crippen molar-refractivity contribution in [3.05, 3.63) is 23.8 Å². The first-order valence-corrected chi connectivity index (χ1v) is 9.38. The number of benzene rings is 1. The summed E-state index contributed by atoms with van der Waals surface area (Å²) in [5, 5.41) is 8.82. The zero-order chi connectivity index (χ0) is 16.4. The van der Waals surface area contributed by atoms with Crippen molar-refractivity contribution in [2.24, 2.45) is 0 Å². The van der Waals surface area contributed by atoms with Crippen LogP contribution < -0.4 is 10.0 Å². The molecule has 3 N–H and O–H groups in total. The summed E-state index contributed by atoms with van der Waals surface area (Å²) < 4.78 is 47.0. The molecule has 1 aromatic carbocycles. The molecule has 0 saturated heterocycles. The summed E-state index contributed by atoms with van der Waals surface area (Å²) in [6.07, 6.45) is 0.943. The topological polar surface area (TPSA) is 135 Å². The fraction of sp³-hybridized carbons (Fsp3) is 0.364. The summed E-state index contributed by atoms with van der Waals surface area (Å²) in [7, 11) is -6.07. The standard InChI is InChI=1S/C11H16N2O6S2/c1-13(21(18,19)6-5-20(2,16)17)10-4-3-8(11(14)15)7-9(10)12/h3-4,7H,5-6,12H2,1-2H3,(H,14,15). The van der Waals surface area contributed by atoms with Crippen LogP contribution in [0.1, 0.15) is 10.4 Å². The predicted molar refractivity (Wildman–Crippen MR) is 79.7 cm³/mol. The van der Waals surface area contributed by atoms with Gasteiger partial charge in [0.2, 0.25) is 10.0 Å². The molecule has 0 aliphatic rings. The monoisotopic (exact) mass is 336 g/mol. The minimum absolute atomic E-state index is 0.0275. The number of carbonyl (C=O) groups is 1. The number of nitrogens with zero attached hydrogens (tertiary/aromatic N) is 1.